The topological polar surface area (TPSA) is 54.0 Å². The van der Waals surface area contributed by atoms with Crippen molar-refractivity contribution in [2.75, 3.05) is 13.6 Å². The zero-order valence-corrected chi connectivity index (χ0v) is 12.6. The highest BCUT2D eigenvalue weighted by molar-refractivity contribution is 7.20. The molecule has 1 atom stereocenters. The normalized spacial score (nSPS) is 12.3. The number of thiophene rings is 1. The molecule has 0 aliphatic heterocycles. The van der Waals surface area contributed by atoms with Gasteiger partial charge in [-0.3, -0.25) is 4.79 Å². The molecule has 0 saturated carbocycles. The van der Waals surface area contributed by atoms with E-state index in [2.05, 4.69) is 15.6 Å². The van der Waals surface area contributed by atoms with Gasteiger partial charge in [0, 0.05) is 18.0 Å². The van der Waals surface area contributed by atoms with E-state index >= 15 is 0 Å². The summed E-state index contributed by atoms with van der Waals surface area (Å²) in [6.07, 6.45) is 0.346. The fourth-order valence-electron chi connectivity index (χ4n) is 1.50. The number of likely N-dealkylation sites (N-methyl/N-ethyl adjacent to an activating group) is 1. The van der Waals surface area contributed by atoms with Gasteiger partial charge in [-0.25, -0.2) is 4.98 Å². The molecule has 102 valence electrons. The molecule has 2 aromatic rings. The number of hydrogen-bond acceptors (Lipinski definition) is 5. The molecule has 2 rings (SSSR count). The van der Waals surface area contributed by atoms with Gasteiger partial charge in [0.05, 0.1) is 17.0 Å². The van der Waals surface area contributed by atoms with Gasteiger partial charge in [0.15, 0.2) is 0 Å². The minimum atomic E-state index is 0.0186. The van der Waals surface area contributed by atoms with Crippen LogP contribution in [0, 0.1) is 0 Å². The van der Waals surface area contributed by atoms with Crippen LogP contribution in [-0.2, 0) is 11.2 Å². The third-order valence-corrected chi connectivity index (χ3v) is 4.65. The van der Waals surface area contributed by atoms with E-state index in [4.69, 9.17) is 0 Å². The monoisotopic (exact) mass is 295 g/mol. The van der Waals surface area contributed by atoms with Gasteiger partial charge in [-0.2, -0.15) is 0 Å². The fourth-order valence-corrected chi connectivity index (χ4v) is 3.13. The van der Waals surface area contributed by atoms with Crippen LogP contribution in [0.2, 0.25) is 0 Å². The van der Waals surface area contributed by atoms with Crippen LogP contribution in [0.4, 0.5) is 0 Å². The predicted molar refractivity (Wildman–Crippen MR) is 80.7 cm³/mol. The Labute approximate surface area is 120 Å². The lowest BCUT2D eigenvalue weighted by Gasteiger charge is -2.10. The van der Waals surface area contributed by atoms with Crippen molar-refractivity contribution in [1.82, 2.24) is 15.6 Å². The number of aromatic nitrogens is 1. The van der Waals surface area contributed by atoms with Crippen molar-refractivity contribution < 1.29 is 4.79 Å². The largest absolute Gasteiger partial charge is 0.354 e. The number of rotatable bonds is 6. The lowest BCUT2D eigenvalue weighted by Crippen LogP contribution is -2.37. The number of hydrogen-bond donors (Lipinski definition) is 2. The summed E-state index contributed by atoms with van der Waals surface area (Å²) in [6.45, 7) is 2.66. The van der Waals surface area contributed by atoms with E-state index in [9.17, 15) is 4.79 Å². The predicted octanol–water partition coefficient (Wildman–Crippen LogP) is 2.14. The maximum Gasteiger partial charge on any atom is 0.226 e. The van der Waals surface area contributed by atoms with Crippen LogP contribution in [0.25, 0.3) is 9.88 Å². The molecular formula is C13H17N3OS2. The van der Waals surface area contributed by atoms with E-state index < -0.39 is 0 Å². The zero-order valence-electron chi connectivity index (χ0n) is 11.0. The smallest absolute Gasteiger partial charge is 0.226 e. The van der Waals surface area contributed by atoms with Crippen LogP contribution in [0.3, 0.4) is 0 Å². The molecule has 0 aliphatic rings. The number of carbonyl (C=O) groups is 1. The quantitative estimate of drug-likeness (QED) is 0.858. The van der Waals surface area contributed by atoms with Crippen molar-refractivity contribution in [2.45, 2.75) is 19.4 Å². The second-order valence-electron chi connectivity index (χ2n) is 4.29. The molecule has 0 aliphatic carbocycles. The minimum Gasteiger partial charge on any atom is -0.354 e. The molecule has 0 radical (unpaired) electrons. The van der Waals surface area contributed by atoms with E-state index in [1.807, 2.05) is 36.9 Å². The summed E-state index contributed by atoms with van der Waals surface area (Å²) < 4.78 is 0. The van der Waals surface area contributed by atoms with Crippen LogP contribution in [0.5, 0.6) is 0 Å². The molecule has 1 unspecified atom stereocenters. The minimum absolute atomic E-state index is 0.0186. The summed E-state index contributed by atoms with van der Waals surface area (Å²) >= 11 is 3.25. The first-order valence-electron chi connectivity index (χ1n) is 6.11. The Kier molecular flexibility index (Phi) is 5.07. The maximum absolute atomic E-state index is 11.8. The van der Waals surface area contributed by atoms with Crippen molar-refractivity contribution in [1.29, 1.82) is 0 Å². The Morgan fingerprint density at radius 3 is 3.00 bits per heavy atom. The van der Waals surface area contributed by atoms with E-state index in [1.165, 1.54) is 0 Å². The van der Waals surface area contributed by atoms with Crippen molar-refractivity contribution in [2.24, 2.45) is 0 Å². The molecule has 1 amide bonds. The van der Waals surface area contributed by atoms with Gasteiger partial charge in [0.25, 0.3) is 0 Å². The van der Waals surface area contributed by atoms with Gasteiger partial charge < -0.3 is 10.6 Å². The molecule has 4 nitrogen and oxygen atoms in total. The van der Waals surface area contributed by atoms with Gasteiger partial charge in [-0.15, -0.1) is 22.7 Å². The third kappa shape index (κ3) is 4.12. The zero-order chi connectivity index (χ0) is 13.7. The van der Waals surface area contributed by atoms with E-state index in [0.29, 0.717) is 13.0 Å². The molecule has 0 spiro atoms. The number of nitrogens with zero attached hydrogens (tertiary/aromatic N) is 1. The van der Waals surface area contributed by atoms with Gasteiger partial charge in [-0.05, 0) is 25.4 Å². The molecule has 19 heavy (non-hydrogen) atoms. The van der Waals surface area contributed by atoms with E-state index in [0.717, 1.165) is 15.6 Å². The Hall–Kier alpha value is -1.24. The summed E-state index contributed by atoms with van der Waals surface area (Å²) in [5.41, 5.74) is 0.836. The average molecular weight is 295 g/mol. The summed E-state index contributed by atoms with van der Waals surface area (Å²) in [5, 5.41) is 10.9. The SMILES string of the molecule is CNC(C)CNC(=O)Cc1csc(-c2cccs2)n1. The first kappa shape index (κ1) is 14.2. The Morgan fingerprint density at radius 2 is 2.32 bits per heavy atom. The maximum atomic E-state index is 11.8. The molecule has 2 heterocycles. The molecule has 0 bridgehead atoms. The Balaban J connectivity index is 1.88. The molecular weight excluding hydrogens is 278 g/mol. The van der Waals surface area contributed by atoms with Crippen LogP contribution in [0.1, 0.15) is 12.6 Å². The van der Waals surface area contributed by atoms with Crippen LogP contribution >= 0.6 is 22.7 Å². The van der Waals surface area contributed by atoms with Crippen LogP contribution in [0.15, 0.2) is 22.9 Å². The highest BCUT2D eigenvalue weighted by Crippen LogP contribution is 2.27. The average Bonchev–Trinajstić information content (AvgIpc) is 3.06. The summed E-state index contributed by atoms with van der Waals surface area (Å²) in [5.74, 6) is 0.0186. The van der Waals surface area contributed by atoms with Crippen molar-refractivity contribution >= 4 is 28.6 Å². The van der Waals surface area contributed by atoms with Gasteiger partial charge in [-0.1, -0.05) is 6.07 Å². The number of amides is 1. The summed E-state index contributed by atoms with van der Waals surface area (Å²) in [7, 11) is 1.88. The van der Waals surface area contributed by atoms with Gasteiger partial charge in [0.1, 0.15) is 5.01 Å². The third-order valence-electron chi connectivity index (χ3n) is 2.72. The number of carbonyl (C=O) groups excluding carboxylic acids is 1. The highest BCUT2D eigenvalue weighted by Gasteiger charge is 2.10. The Morgan fingerprint density at radius 1 is 1.47 bits per heavy atom. The van der Waals surface area contributed by atoms with Crippen molar-refractivity contribution in [3.63, 3.8) is 0 Å². The summed E-state index contributed by atoms with van der Waals surface area (Å²) in [6, 6.07) is 4.33. The lowest BCUT2D eigenvalue weighted by atomic mass is 10.3. The van der Waals surface area contributed by atoms with Crippen LogP contribution < -0.4 is 10.6 Å². The first-order chi connectivity index (χ1) is 9.19. The number of nitrogens with one attached hydrogen (secondary N) is 2. The molecule has 0 saturated heterocycles. The van der Waals surface area contributed by atoms with Crippen molar-refractivity contribution in [3.05, 3.63) is 28.6 Å². The second kappa shape index (κ2) is 6.79. The molecule has 2 N–H and O–H groups in total. The lowest BCUT2D eigenvalue weighted by molar-refractivity contribution is -0.120. The number of thiazole rings is 1. The van der Waals surface area contributed by atoms with E-state index in [-0.39, 0.29) is 11.9 Å². The second-order valence-corrected chi connectivity index (χ2v) is 6.10. The van der Waals surface area contributed by atoms with Gasteiger partial charge in [0.2, 0.25) is 5.91 Å². The Bertz CT molecular complexity index is 522. The highest BCUT2D eigenvalue weighted by atomic mass is 32.1. The van der Waals surface area contributed by atoms with E-state index in [1.54, 1.807) is 22.7 Å². The molecule has 0 aromatic carbocycles. The summed E-state index contributed by atoms with van der Waals surface area (Å²) in [4.78, 5) is 17.4. The molecule has 6 heteroatoms. The molecule has 0 fully saturated rings. The first-order valence-corrected chi connectivity index (χ1v) is 7.87. The van der Waals surface area contributed by atoms with Crippen molar-refractivity contribution in [3.8, 4) is 9.88 Å². The molecule has 2 aromatic heterocycles. The van der Waals surface area contributed by atoms with Gasteiger partial charge >= 0.3 is 0 Å². The fraction of sp³-hybridized carbons (Fsp3) is 0.385. The standard InChI is InChI=1S/C13H17N3OS2/c1-9(14-2)7-15-12(17)6-10-8-19-13(16-10)11-4-3-5-18-11/h3-5,8-9,14H,6-7H2,1-2H3,(H,15,17). The van der Waals surface area contributed by atoms with Crippen LogP contribution in [-0.4, -0.2) is 30.5 Å².